The molecule has 146 valence electrons. The van der Waals surface area contributed by atoms with Gasteiger partial charge in [-0.05, 0) is 62.3 Å². The Morgan fingerprint density at radius 1 is 1.39 bits per heavy atom. The summed E-state index contributed by atoms with van der Waals surface area (Å²) >= 11 is 1.66. The van der Waals surface area contributed by atoms with Crippen molar-refractivity contribution in [3.05, 3.63) is 62.5 Å². The van der Waals surface area contributed by atoms with Gasteiger partial charge in [-0.25, -0.2) is 9.78 Å². The van der Waals surface area contributed by atoms with E-state index < -0.39 is 0 Å². The van der Waals surface area contributed by atoms with Gasteiger partial charge in [-0.1, -0.05) is 19.1 Å². The fourth-order valence-corrected chi connectivity index (χ4v) is 5.10. The first kappa shape index (κ1) is 18.9. The molecule has 1 aliphatic rings. The lowest BCUT2D eigenvalue weighted by Gasteiger charge is -2.17. The zero-order chi connectivity index (χ0) is 19.8. The minimum atomic E-state index is -0.348. The summed E-state index contributed by atoms with van der Waals surface area (Å²) < 4.78 is 6.90. The number of thiophene rings is 1. The molecule has 0 aliphatic heterocycles. The van der Waals surface area contributed by atoms with Crippen molar-refractivity contribution in [1.29, 1.82) is 0 Å². The van der Waals surface area contributed by atoms with E-state index in [1.165, 1.54) is 10.4 Å². The van der Waals surface area contributed by atoms with Crippen molar-refractivity contribution < 1.29 is 9.53 Å². The van der Waals surface area contributed by atoms with Crippen LogP contribution in [0.3, 0.4) is 0 Å². The van der Waals surface area contributed by atoms with Crippen molar-refractivity contribution in [2.45, 2.75) is 52.7 Å². The van der Waals surface area contributed by atoms with E-state index in [1.54, 1.807) is 34.4 Å². The van der Waals surface area contributed by atoms with Crippen molar-refractivity contribution in [2.24, 2.45) is 5.92 Å². The minimum absolute atomic E-state index is 0.00668. The highest BCUT2D eigenvalue weighted by Crippen LogP contribution is 2.35. The van der Waals surface area contributed by atoms with Gasteiger partial charge in [0.15, 0.2) is 0 Å². The molecule has 0 bridgehead atoms. The number of hydrogen-bond acceptors (Lipinski definition) is 5. The zero-order valence-electron chi connectivity index (χ0n) is 16.4. The molecule has 0 fully saturated rings. The minimum Gasteiger partial charge on any atom is -0.459 e. The van der Waals surface area contributed by atoms with Gasteiger partial charge in [-0.3, -0.25) is 9.36 Å². The van der Waals surface area contributed by atoms with E-state index in [9.17, 15) is 9.59 Å². The van der Waals surface area contributed by atoms with Crippen LogP contribution in [-0.4, -0.2) is 21.6 Å². The van der Waals surface area contributed by atoms with Crippen LogP contribution in [-0.2, 0) is 24.1 Å². The first-order chi connectivity index (χ1) is 13.4. The number of aryl methyl sites for hydroxylation is 1. The Kier molecular flexibility index (Phi) is 5.06. The molecular formula is C22H24N2O3S. The number of hydrogen-bond donors (Lipinski definition) is 0. The molecule has 0 amide bonds. The summed E-state index contributed by atoms with van der Waals surface area (Å²) in [5.74, 6) is 0.315. The van der Waals surface area contributed by atoms with Crippen LogP contribution in [0.4, 0.5) is 0 Å². The Labute approximate surface area is 168 Å². The second kappa shape index (κ2) is 7.51. The molecule has 4 rings (SSSR count). The molecule has 1 aromatic carbocycles. The number of fused-ring (bicyclic) bond motifs is 3. The Bertz CT molecular complexity index is 1100. The van der Waals surface area contributed by atoms with Crippen molar-refractivity contribution in [3.63, 3.8) is 0 Å². The van der Waals surface area contributed by atoms with Gasteiger partial charge < -0.3 is 4.74 Å². The molecule has 28 heavy (non-hydrogen) atoms. The summed E-state index contributed by atoms with van der Waals surface area (Å²) in [6.07, 6.45) is 4.56. The van der Waals surface area contributed by atoms with Crippen LogP contribution in [0.5, 0.6) is 0 Å². The largest absolute Gasteiger partial charge is 0.459 e. The monoisotopic (exact) mass is 396 g/mol. The Hall–Kier alpha value is -2.47. The van der Waals surface area contributed by atoms with Crippen LogP contribution >= 0.6 is 11.3 Å². The molecule has 0 saturated carbocycles. The lowest BCUT2D eigenvalue weighted by molar-refractivity contribution is 0.0378. The number of benzene rings is 1. The van der Waals surface area contributed by atoms with Gasteiger partial charge in [0.25, 0.3) is 5.56 Å². The SMILES string of the molecule is CC1CCc2c(sc3ncn(Cc4cccc(C(=O)OC(C)C)c4)c(=O)c23)C1. The van der Waals surface area contributed by atoms with Crippen LogP contribution in [0.2, 0.25) is 0 Å². The van der Waals surface area contributed by atoms with Gasteiger partial charge in [0.1, 0.15) is 4.83 Å². The normalized spacial score (nSPS) is 16.4. The third kappa shape index (κ3) is 3.61. The van der Waals surface area contributed by atoms with E-state index in [-0.39, 0.29) is 17.6 Å². The summed E-state index contributed by atoms with van der Waals surface area (Å²) in [5, 5.41) is 0.782. The maximum absolute atomic E-state index is 13.1. The number of carbonyl (C=O) groups is 1. The molecular weight excluding hydrogens is 372 g/mol. The zero-order valence-corrected chi connectivity index (χ0v) is 17.2. The average Bonchev–Trinajstić information content (AvgIpc) is 3.02. The lowest BCUT2D eigenvalue weighted by Crippen LogP contribution is -2.22. The van der Waals surface area contributed by atoms with Gasteiger partial charge in [0, 0.05) is 4.88 Å². The molecule has 0 radical (unpaired) electrons. The van der Waals surface area contributed by atoms with Crippen LogP contribution in [0.1, 0.15) is 53.6 Å². The van der Waals surface area contributed by atoms with Gasteiger partial charge in [0.2, 0.25) is 0 Å². The second-order valence-electron chi connectivity index (χ2n) is 7.86. The number of carbonyl (C=O) groups excluding carboxylic acids is 1. The molecule has 3 aromatic rings. The third-order valence-electron chi connectivity index (χ3n) is 5.14. The topological polar surface area (TPSA) is 61.2 Å². The van der Waals surface area contributed by atoms with Crippen LogP contribution in [0.25, 0.3) is 10.2 Å². The fraction of sp³-hybridized carbons (Fsp3) is 0.409. The average molecular weight is 397 g/mol. The van der Waals surface area contributed by atoms with Crippen LogP contribution < -0.4 is 5.56 Å². The van der Waals surface area contributed by atoms with Gasteiger partial charge in [-0.2, -0.15) is 0 Å². The molecule has 1 aliphatic carbocycles. The molecule has 1 atom stereocenters. The first-order valence-corrected chi connectivity index (χ1v) is 10.5. The summed E-state index contributed by atoms with van der Waals surface area (Å²) in [5.41, 5.74) is 2.57. The molecule has 0 N–H and O–H groups in total. The number of aromatic nitrogens is 2. The summed E-state index contributed by atoms with van der Waals surface area (Å²) in [6, 6.07) is 7.24. The van der Waals surface area contributed by atoms with Crippen molar-refractivity contribution in [3.8, 4) is 0 Å². The van der Waals surface area contributed by atoms with Crippen molar-refractivity contribution >= 4 is 27.5 Å². The van der Waals surface area contributed by atoms with E-state index in [4.69, 9.17) is 4.74 Å². The number of nitrogens with zero attached hydrogens (tertiary/aromatic N) is 2. The highest BCUT2D eigenvalue weighted by molar-refractivity contribution is 7.18. The molecule has 0 spiro atoms. The quantitative estimate of drug-likeness (QED) is 0.620. The van der Waals surface area contributed by atoms with Crippen LogP contribution in [0.15, 0.2) is 35.4 Å². The van der Waals surface area contributed by atoms with Crippen LogP contribution in [0, 0.1) is 5.92 Å². The predicted molar refractivity (Wildman–Crippen MR) is 111 cm³/mol. The molecule has 1 unspecified atom stereocenters. The maximum Gasteiger partial charge on any atom is 0.338 e. The van der Waals surface area contributed by atoms with Gasteiger partial charge >= 0.3 is 5.97 Å². The maximum atomic E-state index is 13.1. The Balaban J connectivity index is 1.67. The highest BCUT2D eigenvalue weighted by Gasteiger charge is 2.23. The number of esters is 1. The van der Waals surface area contributed by atoms with Gasteiger partial charge in [-0.15, -0.1) is 11.3 Å². The van der Waals surface area contributed by atoms with E-state index in [0.29, 0.717) is 18.0 Å². The summed E-state index contributed by atoms with van der Waals surface area (Å²) in [7, 11) is 0. The number of rotatable bonds is 4. The standard InChI is InChI=1S/C22H24N2O3S/c1-13(2)27-22(26)16-6-4-5-15(10-16)11-24-12-23-20-19(21(24)25)17-8-7-14(3)9-18(17)28-20/h4-6,10,12-14H,7-9,11H2,1-3H3. The van der Waals surface area contributed by atoms with E-state index in [0.717, 1.165) is 35.0 Å². The predicted octanol–water partition coefficient (Wildman–Crippen LogP) is 4.20. The van der Waals surface area contributed by atoms with E-state index in [1.807, 2.05) is 26.0 Å². The number of ether oxygens (including phenoxy) is 1. The Morgan fingerprint density at radius 3 is 3.00 bits per heavy atom. The second-order valence-corrected chi connectivity index (χ2v) is 8.95. The smallest absolute Gasteiger partial charge is 0.338 e. The summed E-state index contributed by atoms with van der Waals surface area (Å²) in [6.45, 7) is 6.29. The third-order valence-corrected chi connectivity index (χ3v) is 6.30. The van der Waals surface area contributed by atoms with Crippen molar-refractivity contribution in [2.75, 3.05) is 0 Å². The molecule has 6 heteroatoms. The molecule has 2 aromatic heterocycles. The molecule has 5 nitrogen and oxygen atoms in total. The first-order valence-electron chi connectivity index (χ1n) is 9.72. The lowest BCUT2D eigenvalue weighted by atomic mass is 9.89. The molecule has 0 saturated heterocycles. The van der Waals surface area contributed by atoms with Crippen molar-refractivity contribution in [1.82, 2.24) is 9.55 Å². The molecule has 2 heterocycles. The fourth-order valence-electron chi connectivity index (χ4n) is 3.75. The summed E-state index contributed by atoms with van der Waals surface area (Å²) in [4.78, 5) is 32.0. The Morgan fingerprint density at radius 2 is 2.21 bits per heavy atom. The van der Waals surface area contributed by atoms with Gasteiger partial charge in [0.05, 0.1) is 29.9 Å². The highest BCUT2D eigenvalue weighted by atomic mass is 32.1. The van der Waals surface area contributed by atoms with E-state index in [2.05, 4.69) is 11.9 Å². The van der Waals surface area contributed by atoms with E-state index >= 15 is 0 Å².